The first-order chi connectivity index (χ1) is 8.58. The number of alkyl halides is 1. The number of carbonyl (C=O) groups excluding carboxylic acids is 1. The van der Waals surface area contributed by atoms with Crippen LogP contribution in [-0.4, -0.2) is 34.5 Å². The molecule has 2 amide bonds. The molecule has 1 aromatic carbocycles. The molecule has 1 aromatic rings. The van der Waals surface area contributed by atoms with Crippen LogP contribution in [0.15, 0.2) is 29.6 Å². The predicted octanol–water partition coefficient (Wildman–Crippen LogP) is 2.14. The van der Waals surface area contributed by atoms with Gasteiger partial charge in [0.25, 0.3) is 0 Å². The van der Waals surface area contributed by atoms with Crippen molar-refractivity contribution in [1.82, 2.24) is 5.01 Å². The number of nitrogens with one attached hydrogen (secondary N) is 1. The third kappa shape index (κ3) is 3.70. The van der Waals surface area contributed by atoms with Gasteiger partial charge in [-0.2, -0.15) is 5.01 Å². The molecule has 18 heavy (non-hydrogen) atoms. The maximum atomic E-state index is 11.5. The van der Waals surface area contributed by atoms with Crippen molar-refractivity contribution in [3.8, 4) is 0 Å². The van der Waals surface area contributed by atoms with E-state index in [2.05, 4.69) is 10.6 Å². The molecule has 0 saturated heterocycles. The summed E-state index contributed by atoms with van der Waals surface area (Å²) in [4.78, 5) is 32.6. The Morgan fingerprint density at radius 1 is 1.44 bits per heavy atom. The topological polar surface area (TPSA) is 99.1 Å². The van der Waals surface area contributed by atoms with Crippen molar-refractivity contribution in [2.45, 2.75) is 0 Å². The number of benzene rings is 1. The molecule has 0 bridgehead atoms. The van der Waals surface area contributed by atoms with E-state index in [4.69, 9.17) is 16.7 Å². The van der Waals surface area contributed by atoms with Crippen molar-refractivity contribution in [3.63, 3.8) is 0 Å². The van der Waals surface area contributed by atoms with Crippen molar-refractivity contribution >= 4 is 29.3 Å². The van der Waals surface area contributed by atoms with E-state index < -0.39 is 12.0 Å². The van der Waals surface area contributed by atoms with Gasteiger partial charge in [0.15, 0.2) is 0 Å². The van der Waals surface area contributed by atoms with Gasteiger partial charge in [-0.05, 0) is 18.2 Å². The lowest BCUT2D eigenvalue weighted by Gasteiger charge is -2.12. The molecule has 2 N–H and O–H groups in total. The van der Waals surface area contributed by atoms with E-state index in [1.807, 2.05) is 0 Å². The molecule has 0 spiro atoms. The van der Waals surface area contributed by atoms with Gasteiger partial charge in [0.2, 0.25) is 0 Å². The number of rotatable bonds is 5. The minimum Gasteiger partial charge on any atom is -0.478 e. The maximum absolute atomic E-state index is 11.5. The number of anilines is 1. The first kappa shape index (κ1) is 13.9. The molecule has 0 aromatic heterocycles. The Balaban J connectivity index is 2.77. The molecule has 0 atom stereocenters. The van der Waals surface area contributed by atoms with Crippen LogP contribution >= 0.6 is 11.6 Å². The fraction of sp³-hybridized carbons (Fsp3) is 0.200. The predicted molar refractivity (Wildman–Crippen MR) is 65.6 cm³/mol. The second-order valence-electron chi connectivity index (χ2n) is 3.21. The Labute approximate surface area is 107 Å². The Morgan fingerprint density at radius 2 is 2.17 bits per heavy atom. The van der Waals surface area contributed by atoms with Crippen molar-refractivity contribution in [2.24, 2.45) is 5.29 Å². The van der Waals surface area contributed by atoms with E-state index in [-0.39, 0.29) is 23.7 Å². The highest BCUT2D eigenvalue weighted by Gasteiger charge is 2.14. The van der Waals surface area contributed by atoms with Gasteiger partial charge in [0.1, 0.15) is 0 Å². The van der Waals surface area contributed by atoms with Gasteiger partial charge in [-0.15, -0.1) is 16.5 Å². The average molecular weight is 272 g/mol. The van der Waals surface area contributed by atoms with Crippen molar-refractivity contribution in [1.29, 1.82) is 0 Å². The fourth-order valence-corrected chi connectivity index (χ4v) is 1.34. The number of nitrogens with zero attached hydrogens (tertiary/aromatic N) is 2. The average Bonchev–Trinajstić information content (AvgIpc) is 2.36. The second kappa shape index (κ2) is 6.55. The van der Waals surface area contributed by atoms with Crippen LogP contribution in [0.1, 0.15) is 10.4 Å². The van der Waals surface area contributed by atoms with Gasteiger partial charge in [-0.1, -0.05) is 6.07 Å². The number of carbonyl (C=O) groups is 2. The van der Waals surface area contributed by atoms with E-state index in [0.717, 1.165) is 0 Å². The van der Waals surface area contributed by atoms with Gasteiger partial charge >= 0.3 is 12.0 Å². The molecule has 0 fully saturated rings. The SMILES string of the molecule is O=NN(CCCl)C(=O)Nc1cccc(C(=O)O)c1. The summed E-state index contributed by atoms with van der Waals surface area (Å²) < 4.78 is 0. The number of hydrogen-bond acceptors (Lipinski definition) is 4. The lowest BCUT2D eigenvalue weighted by Crippen LogP contribution is -2.31. The molecule has 7 nitrogen and oxygen atoms in total. The molecule has 96 valence electrons. The quantitative estimate of drug-likeness (QED) is 0.487. The largest absolute Gasteiger partial charge is 0.478 e. The van der Waals surface area contributed by atoms with Gasteiger partial charge in [-0.25, -0.2) is 9.59 Å². The summed E-state index contributed by atoms with van der Waals surface area (Å²) in [6, 6.07) is 4.84. The van der Waals surface area contributed by atoms with E-state index >= 15 is 0 Å². The highest BCUT2D eigenvalue weighted by atomic mass is 35.5. The molecule has 0 heterocycles. The Morgan fingerprint density at radius 3 is 2.72 bits per heavy atom. The van der Waals surface area contributed by atoms with Crippen LogP contribution in [0.25, 0.3) is 0 Å². The number of hydrogen-bond donors (Lipinski definition) is 2. The smallest absolute Gasteiger partial charge is 0.344 e. The lowest BCUT2D eigenvalue weighted by atomic mass is 10.2. The zero-order valence-corrected chi connectivity index (χ0v) is 9.92. The molecule has 0 radical (unpaired) electrons. The Hall–Kier alpha value is -2.15. The lowest BCUT2D eigenvalue weighted by molar-refractivity contribution is 0.0697. The number of carboxylic acids is 1. The Bertz CT molecular complexity index is 466. The molecule has 1 rings (SSSR count). The summed E-state index contributed by atoms with van der Waals surface area (Å²) in [5, 5.41) is 14.2. The van der Waals surface area contributed by atoms with Crippen molar-refractivity contribution in [2.75, 3.05) is 17.7 Å². The van der Waals surface area contributed by atoms with Gasteiger partial charge in [0, 0.05) is 11.6 Å². The standard InChI is InChI=1S/C10H10ClN3O4/c11-4-5-14(13-18)10(17)12-8-3-1-2-7(6-8)9(15)16/h1-3,6H,4-5H2,(H,12,17)(H,15,16). The summed E-state index contributed by atoms with van der Waals surface area (Å²) >= 11 is 5.39. The normalized spacial score (nSPS) is 9.61. The highest BCUT2D eigenvalue weighted by Crippen LogP contribution is 2.11. The molecule has 0 aliphatic heterocycles. The fourth-order valence-electron chi connectivity index (χ4n) is 1.18. The van der Waals surface area contributed by atoms with Crippen LogP contribution in [0.2, 0.25) is 0 Å². The summed E-state index contributed by atoms with van der Waals surface area (Å²) in [7, 11) is 0. The summed E-state index contributed by atoms with van der Waals surface area (Å²) in [6.45, 7) is -0.0322. The van der Waals surface area contributed by atoms with Crippen LogP contribution < -0.4 is 5.32 Å². The zero-order valence-electron chi connectivity index (χ0n) is 9.17. The number of urea groups is 1. The number of carboxylic acid groups (broad SMARTS) is 1. The third-order valence-electron chi connectivity index (χ3n) is 1.99. The van der Waals surface area contributed by atoms with E-state index in [0.29, 0.717) is 5.01 Å². The molecule has 0 aliphatic carbocycles. The monoisotopic (exact) mass is 271 g/mol. The third-order valence-corrected chi connectivity index (χ3v) is 2.16. The first-order valence-corrected chi connectivity index (χ1v) is 5.43. The molecule has 0 aliphatic rings. The number of halogens is 1. The molecule has 0 unspecified atom stereocenters. The second-order valence-corrected chi connectivity index (χ2v) is 3.59. The van der Waals surface area contributed by atoms with E-state index in [1.165, 1.54) is 24.3 Å². The minimum atomic E-state index is -1.11. The summed E-state index contributed by atoms with van der Waals surface area (Å²) in [6.07, 6.45) is 0. The molecular formula is C10H10ClN3O4. The van der Waals surface area contributed by atoms with Gasteiger partial charge < -0.3 is 10.4 Å². The van der Waals surface area contributed by atoms with Crippen LogP contribution in [0, 0.1) is 4.91 Å². The van der Waals surface area contributed by atoms with Crippen LogP contribution in [-0.2, 0) is 0 Å². The molecule has 8 heteroatoms. The van der Waals surface area contributed by atoms with E-state index in [1.54, 1.807) is 0 Å². The number of amides is 2. The summed E-state index contributed by atoms with van der Waals surface area (Å²) in [5.74, 6) is -1.05. The van der Waals surface area contributed by atoms with Gasteiger partial charge in [-0.3, -0.25) is 0 Å². The number of nitroso groups, excluding NO2 is 1. The molecule has 0 saturated carbocycles. The molecular weight excluding hydrogens is 262 g/mol. The minimum absolute atomic E-state index is 0.0238. The van der Waals surface area contributed by atoms with Crippen molar-refractivity contribution in [3.05, 3.63) is 34.7 Å². The van der Waals surface area contributed by atoms with Crippen LogP contribution in [0.3, 0.4) is 0 Å². The Kier molecular flexibility index (Phi) is 5.06. The van der Waals surface area contributed by atoms with Crippen LogP contribution in [0.5, 0.6) is 0 Å². The van der Waals surface area contributed by atoms with Crippen LogP contribution in [0.4, 0.5) is 10.5 Å². The number of aromatic carboxylic acids is 1. The van der Waals surface area contributed by atoms with E-state index in [9.17, 15) is 14.5 Å². The van der Waals surface area contributed by atoms with Crippen molar-refractivity contribution < 1.29 is 14.7 Å². The summed E-state index contributed by atoms with van der Waals surface area (Å²) in [5.41, 5.74) is 0.277. The highest BCUT2D eigenvalue weighted by molar-refractivity contribution is 6.18. The maximum Gasteiger partial charge on any atom is 0.344 e. The zero-order chi connectivity index (χ0) is 13.5. The first-order valence-electron chi connectivity index (χ1n) is 4.89. The van der Waals surface area contributed by atoms with Gasteiger partial charge in [0.05, 0.1) is 17.4 Å².